The van der Waals surface area contributed by atoms with Crippen molar-refractivity contribution >= 4 is 96.1 Å². The SMILES string of the molecule is CC(=O)CCC(C)(c1cc(I)c(O)c(I)c1)c1cc(I)c(O)c(I)c1. The van der Waals surface area contributed by atoms with Crippen molar-refractivity contribution in [2.24, 2.45) is 0 Å². The molecule has 0 saturated carbocycles. The van der Waals surface area contributed by atoms with Crippen molar-refractivity contribution in [3.8, 4) is 11.5 Å². The van der Waals surface area contributed by atoms with Gasteiger partial charge in [0.05, 0.1) is 14.3 Å². The lowest BCUT2D eigenvalue weighted by molar-refractivity contribution is -0.117. The van der Waals surface area contributed by atoms with E-state index in [0.717, 1.165) is 25.4 Å². The molecule has 0 aliphatic heterocycles. The molecule has 0 bridgehead atoms. The molecule has 0 radical (unpaired) electrons. The number of hydrogen-bond acceptors (Lipinski definition) is 3. The molecule has 2 aromatic carbocycles. The molecule has 25 heavy (non-hydrogen) atoms. The van der Waals surface area contributed by atoms with Crippen LogP contribution in [0.4, 0.5) is 0 Å². The van der Waals surface area contributed by atoms with E-state index in [1.54, 1.807) is 6.92 Å². The van der Waals surface area contributed by atoms with Gasteiger partial charge in [-0.05, 0) is 139 Å². The summed E-state index contributed by atoms with van der Waals surface area (Å²) < 4.78 is 3.15. The molecule has 0 aromatic heterocycles. The minimum absolute atomic E-state index is 0.151. The van der Waals surface area contributed by atoms with Crippen LogP contribution in [0, 0.1) is 14.3 Å². The third-order valence-electron chi connectivity index (χ3n) is 4.29. The number of hydrogen-bond donors (Lipinski definition) is 2. The largest absolute Gasteiger partial charge is 0.506 e. The number of aromatic hydroxyl groups is 2. The first-order valence-corrected chi connectivity index (χ1v) is 11.7. The fraction of sp³-hybridized carbons (Fsp3) is 0.278. The van der Waals surface area contributed by atoms with Crippen LogP contribution in [0.2, 0.25) is 0 Å². The van der Waals surface area contributed by atoms with E-state index < -0.39 is 5.41 Å². The maximum atomic E-state index is 11.6. The zero-order valence-electron chi connectivity index (χ0n) is 13.5. The van der Waals surface area contributed by atoms with Crippen LogP contribution in [0.5, 0.6) is 11.5 Å². The predicted octanol–water partition coefficient (Wildman–Crippen LogP) is 6.19. The van der Waals surface area contributed by atoms with E-state index in [-0.39, 0.29) is 17.3 Å². The highest BCUT2D eigenvalue weighted by molar-refractivity contribution is 14.1. The van der Waals surface area contributed by atoms with Crippen molar-refractivity contribution in [2.45, 2.75) is 32.1 Å². The number of ketones is 1. The van der Waals surface area contributed by atoms with Gasteiger partial charge in [-0.3, -0.25) is 0 Å². The standard InChI is InChI=1S/C18H16I4O3/c1-9(23)3-4-18(2,10-5-12(19)16(24)13(20)6-10)11-7-14(21)17(25)15(22)8-11/h5-8,24-25H,3-4H2,1-2H3. The molecule has 0 atom stereocenters. The molecule has 2 rings (SSSR count). The van der Waals surface area contributed by atoms with Crippen LogP contribution in [0.25, 0.3) is 0 Å². The number of Topliss-reactive ketones (excluding diaryl/α,β-unsaturated/α-hetero) is 1. The molecule has 7 heteroatoms. The highest BCUT2D eigenvalue weighted by Gasteiger charge is 2.31. The summed E-state index contributed by atoms with van der Waals surface area (Å²) in [7, 11) is 0. The van der Waals surface area contributed by atoms with Crippen LogP contribution in [-0.4, -0.2) is 16.0 Å². The molecule has 0 fully saturated rings. The van der Waals surface area contributed by atoms with Crippen molar-refractivity contribution in [2.75, 3.05) is 0 Å². The summed E-state index contributed by atoms with van der Waals surface area (Å²) in [6.45, 7) is 3.72. The number of benzene rings is 2. The molecule has 3 nitrogen and oxygen atoms in total. The van der Waals surface area contributed by atoms with Crippen LogP contribution < -0.4 is 0 Å². The van der Waals surface area contributed by atoms with Crippen molar-refractivity contribution in [3.63, 3.8) is 0 Å². The van der Waals surface area contributed by atoms with Crippen molar-refractivity contribution in [1.29, 1.82) is 0 Å². The minimum atomic E-state index is -0.396. The van der Waals surface area contributed by atoms with Crippen molar-refractivity contribution in [3.05, 3.63) is 49.7 Å². The molecule has 0 unspecified atom stereocenters. The van der Waals surface area contributed by atoms with Crippen LogP contribution in [-0.2, 0) is 10.2 Å². The Bertz CT molecular complexity index is 730. The maximum absolute atomic E-state index is 11.6. The molecule has 134 valence electrons. The minimum Gasteiger partial charge on any atom is -0.506 e. The van der Waals surface area contributed by atoms with E-state index in [0.29, 0.717) is 12.8 Å². The Morgan fingerprint density at radius 1 is 0.880 bits per heavy atom. The average molecular weight is 788 g/mol. The van der Waals surface area contributed by atoms with Gasteiger partial charge in [0, 0.05) is 11.8 Å². The summed E-state index contributed by atoms with van der Waals surface area (Å²) in [5.41, 5.74) is 1.71. The maximum Gasteiger partial charge on any atom is 0.142 e. The van der Waals surface area contributed by atoms with Gasteiger partial charge in [-0.1, -0.05) is 6.92 Å². The number of rotatable bonds is 5. The first-order valence-electron chi connectivity index (χ1n) is 7.42. The monoisotopic (exact) mass is 788 g/mol. The van der Waals surface area contributed by atoms with E-state index in [1.807, 2.05) is 24.3 Å². The summed E-state index contributed by atoms with van der Waals surface area (Å²) >= 11 is 8.52. The van der Waals surface area contributed by atoms with Crippen molar-refractivity contribution in [1.82, 2.24) is 0 Å². The Labute approximate surface area is 201 Å². The number of phenols is 2. The summed E-state index contributed by atoms with van der Waals surface area (Å²) in [5, 5.41) is 20.2. The van der Waals surface area contributed by atoms with Crippen LogP contribution in [0.15, 0.2) is 24.3 Å². The lowest BCUT2D eigenvalue weighted by atomic mass is 9.72. The van der Waals surface area contributed by atoms with E-state index >= 15 is 0 Å². The molecule has 0 aliphatic carbocycles. The fourth-order valence-corrected chi connectivity index (χ4v) is 6.19. The highest BCUT2D eigenvalue weighted by Crippen LogP contribution is 2.42. The number of halogens is 4. The summed E-state index contributed by atoms with van der Waals surface area (Å²) in [6, 6.07) is 7.91. The molecule has 2 aromatic rings. The van der Waals surface area contributed by atoms with Gasteiger partial charge in [0.25, 0.3) is 0 Å². The normalized spacial score (nSPS) is 11.6. The Morgan fingerprint density at radius 3 is 1.48 bits per heavy atom. The Kier molecular flexibility index (Phi) is 7.68. The molecule has 0 spiro atoms. The molecule has 0 saturated heterocycles. The third-order valence-corrected chi connectivity index (χ3v) is 7.57. The lowest BCUT2D eigenvalue weighted by Crippen LogP contribution is -2.25. The second-order valence-corrected chi connectivity index (χ2v) is 10.8. The van der Waals surface area contributed by atoms with Gasteiger partial charge in [-0.25, -0.2) is 0 Å². The summed E-state index contributed by atoms with van der Waals surface area (Å²) in [5.74, 6) is 0.722. The lowest BCUT2D eigenvalue weighted by Gasteiger charge is -2.32. The van der Waals surface area contributed by atoms with Gasteiger partial charge in [0.2, 0.25) is 0 Å². The molecular formula is C18H16I4O3. The van der Waals surface area contributed by atoms with E-state index in [2.05, 4.69) is 97.3 Å². The van der Waals surface area contributed by atoms with Crippen molar-refractivity contribution < 1.29 is 15.0 Å². The number of carbonyl (C=O) groups is 1. The first-order chi connectivity index (χ1) is 11.6. The summed E-state index contributed by atoms with van der Waals surface area (Å²) in [4.78, 5) is 11.6. The molecule has 0 heterocycles. The van der Waals surface area contributed by atoms with Gasteiger partial charge in [-0.15, -0.1) is 0 Å². The predicted molar refractivity (Wildman–Crippen MR) is 133 cm³/mol. The average Bonchev–Trinajstić information content (AvgIpc) is 2.54. The van der Waals surface area contributed by atoms with Gasteiger partial charge < -0.3 is 15.0 Å². The molecule has 2 N–H and O–H groups in total. The van der Waals surface area contributed by atoms with Crippen LogP contribution in [0.3, 0.4) is 0 Å². The Balaban J connectivity index is 2.68. The van der Waals surface area contributed by atoms with Gasteiger partial charge >= 0.3 is 0 Å². The second-order valence-electron chi connectivity index (χ2n) is 6.11. The fourth-order valence-electron chi connectivity index (χ4n) is 2.65. The van der Waals surface area contributed by atoms with E-state index in [9.17, 15) is 15.0 Å². The molecule has 0 amide bonds. The first kappa shape index (κ1) is 21.9. The van der Waals surface area contributed by atoms with Crippen LogP contribution in [0.1, 0.15) is 37.8 Å². The quantitative estimate of drug-likeness (QED) is 0.356. The number of phenolic OH excluding ortho intramolecular Hbond substituents is 2. The second kappa shape index (κ2) is 8.76. The van der Waals surface area contributed by atoms with Gasteiger partial charge in [0.15, 0.2) is 0 Å². The van der Waals surface area contributed by atoms with Gasteiger partial charge in [-0.2, -0.15) is 0 Å². The number of carbonyl (C=O) groups excluding carboxylic acids is 1. The topological polar surface area (TPSA) is 57.5 Å². The zero-order valence-corrected chi connectivity index (χ0v) is 22.2. The molecular weight excluding hydrogens is 772 g/mol. The van der Waals surface area contributed by atoms with Gasteiger partial charge in [0.1, 0.15) is 17.3 Å². The van der Waals surface area contributed by atoms with E-state index in [4.69, 9.17) is 0 Å². The Morgan fingerprint density at radius 2 is 1.20 bits per heavy atom. The van der Waals surface area contributed by atoms with E-state index in [1.165, 1.54) is 0 Å². The smallest absolute Gasteiger partial charge is 0.142 e. The molecule has 0 aliphatic rings. The third kappa shape index (κ3) is 4.92. The van der Waals surface area contributed by atoms with Crippen LogP contribution >= 0.6 is 90.4 Å². The summed E-state index contributed by atoms with van der Waals surface area (Å²) in [6.07, 6.45) is 1.13. The Hall–Kier alpha value is 0.630. The zero-order chi connectivity index (χ0) is 18.9. The highest BCUT2D eigenvalue weighted by atomic mass is 127.